The molecule has 2 heterocycles. The van der Waals surface area contributed by atoms with Gasteiger partial charge in [0.05, 0.1) is 10.0 Å². The Kier molecular flexibility index (Phi) is 5.11. The molecule has 0 radical (unpaired) electrons. The molecule has 0 atom stereocenters. The first-order chi connectivity index (χ1) is 11.6. The Morgan fingerprint density at radius 1 is 1.04 bits per heavy atom. The van der Waals surface area contributed by atoms with Gasteiger partial charge in [-0.2, -0.15) is 0 Å². The van der Waals surface area contributed by atoms with Crippen LogP contribution in [-0.2, 0) is 0 Å². The van der Waals surface area contributed by atoms with Gasteiger partial charge in [-0.3, -0.25) is 4.79 Å². The summed E-state index contributed by atoms with van der Waals surface area (Å²) < 4.78 is 0. The Morgan fingerprint density at radius 2 is 1.75 bits per heavy atom. The van der Waals surface area contributed by atoms with E-state index in [4.69, 9.17) is 23.2 Å². The molecule has 3 rings (SSSR count). The largest absolute Gasteiger partial charge is 0.368 e. The minimum absolute atomic E-state index is 0.104. The zero-order valence-electron chi connectivity index (χ0n) is 13.3. The molecule has 5 nitrogen and oxygen atoms in total. The molecule has 0 aliphatic carbocycles. The first kappa shape index (κ1) is 16.9. The first-order valence-electron chi connectivity index (χ1n) is 7.71. The van der Waals surface area contributed by atoms with E-state index in [1.807, 2.05) is 24.3 Å². The van der Waals surface area contributed by atoms with Crippen molar-refractivity contribution in [2.75, 3.05) is 43.0 Å². The second-order valence-electron chi connectivity index (χ2n) is 5.55. The van der Waals surface area contributed by atoms with Crippen molar-refractivity contribution in [3.8, 4) is 0 Å². The van der Waals surface area contributed by atoms with E-state index in [9.17, 15) is 4.79 Å². The van der Waals surface area contributed by atoms with E-state index in [2.05, 4.69) is 20.1 Å². The van der Waals surface area contributed by atoms with Crippen LogP contribution in [0.5, 0.6) is 0 Å². The SMILES string of the molecule is CNC(=O)c1ccnc(N2CCN(c3ccc(Cl)c(Cl)c3)CC2)c1. The van der Waals surface area contributed by atoms with Crippen LogP contribution in [0.1, 0.15) is 10.4 Å². The molecule has 1 aliphatic rings. The monoisotopic (exact) mass is 364 g/mol. The van der Waals surface area contributed by atoms with Crippen LogP contribution in [0.2, 0.25) is 10.0 Å². The maximum atomic E-state index is 11.8. The number of carbonyl (C=O) groups excluding carboxylic acids is 1. The lowest BCUT2D eigenvalue weighted by molar-refractivity contribution is 0.0963. The van der Waals surface area contributed by atoms with Gasteiger partial charge in [0.1, 0.15) is 5.82 Å². The molecule has 1 aromatic heterocycles. The van der Waals surface area contributed by atoms with Crippen molar-refractivity contribution in [3.05, 3.63) is 52.1 Å². The van der Waals surface area contributed by atoms with E-state index in [1.165, 1.54) is 0 Å². The van der Waals surface area contributed by atoms with E-state index < -0.39 is 0 Å². The summed E-state index contributed by atoms with van der Waals surface area (Å²) in [6, 6.07) is 9.24. The van der Waals surface area contributed by atoms with Crippen LogP contribution in [0.4, 0.5) is 11.5 Å². The molecule has 126 valence electrons. The average Bonchev–Trinajstić information content (AvgIpc) is 2.63. The van der Waals surface area contributed by atoms with Crippen molar-refractivity contribution in [2.45, 2.75) is 0 Å². The molecule has 1 amide bonds. The number of nitrogens with zero attached hydrogens (tertiary/aromatic N) is 3. The highest BCUT2D eigenvalue weighted by Gasteiger charge is 2.19. The quantitative estimate of drug-likeness (QED) is 0.908. The third-order valence-corrected chi connectivity index (χ3v) is 4.85. The number of rotatable bonds is 3. The molecule has 0 unspecified atom stereocenters. The number of hydrogen-bond acceptors (Lipinski definition) is 4. The number of amides is 1. The molecule has 24 heavy (non-hydrogen) atoms. The molecule has 7 heteroatoms. The Morgan fingerprint density at radius 3 is 2.42 bits per heavy atom. The summed E-state index contributed by atoms with van der Waals surface area (Å²) in [7, 11) is 1.62. The molecular formula is C17H18Cl2N4O. The Balaban J connectivity index is 1.68. The Labute approximate surface area is 151 Å². The van der Waals surface area contributed by atoms with Gasteiger partial charge >= 0.3 is 0 Å². The highest BCUT2D eigenvalue weighted by molar-refractivity contribution is 6.42. The van der Waals surface area contributed by atoms with Gasteiger partial charge in [0.25, 0.3) is 5.91 Å². The molecule has 1 saturated heterocycles. The molecule has 0 bridgehead atoms. The van der Waals surface area contributed by atoms with Crippen LogP contribution in [0.15, 0.2) is 36.5 Å². The lowest BCUT2D eigenvalue weighted by atomic mass is 10.2. The summed E-state index contributed by atoms with van der Waals surface area (Å²) in [5.41, 5.74) is 1.69. The molecule has 0 spiro atoms. The van der Waals surface area contributed by atoms with E-state index in [0.29, 0.717) is 15.6 Å². The molecule has 1 N–H and O–H groups in total. The van der Waals surface area contributed by atoms with E-state index >= 15 is 0 Å². The number of piperazine rings is 1. The van der Waals surface area contributed by atoms with Crippen LogP contribution < -0.4 is 15.1 Å². The van der Waals surface area contributed by atoms with Gasteiger partial charge in [-0.15, -0.1) is 0 Å². The number of halogens is 2. The van der Waals surface area contributed by atoms with E-state index in [1.54, 1.807) is 19.3 Å². The van der Waals surface area contributed by atoms with Crippen molar-refractivity contribution in [1.29, 1.82) is 0 Å². The van der Waals surface area contributed by atoms with Crippen LogP contribution in [0.3, 0.4) is 0 Å². The molecule has 1 aliphatic heterocycles. The summed E-state index contributed by atoms with van der Waals surface area (Å²) in [5, 5.41) is 3.76. The van der Waals surface area contributed by atoms with E-state index in [0.717, 1.165) is 37.7 Å². The normalized spacial score (nSPS) is 14.6. The van der Waals surface area contributed by atoms with Gasteiger partial charge in [-0.05, 0) is 30.3 Å². The summed E-state index contributed by atoms with van der Waals surface area (Å²) in [5.74, 6) is 0.720. The van der Waals surface area contributed by atoms with Crippen LogP contribution in [0, 0.1) is 0 Å². The summed E-state index contributed by atoms with van der Waals surface area (Å²) in [4.78, 5) is 20.6. The first-order valence-corrected chi connectivity index (χ1v) is 8.47. The van der Waals surface area contributed by atoms with Crippen molar-refractivity contribution >= 4 is 40.6 Å². The average molecular weight is 365 g/mol. The van der Waals surface area contributed by atoms with Gasteiger partial charge < -0.3 is 15.1 Å². The lowest BCUT2D eigenvalue weighted by Gasteiger charge is -2.37. The van der Waals surface area contributed by atoms with Crippen molar-refractivity contribution < 1.29 is 4.79 Å². The third-order valence-electron chi connectivity index (χ3n) is 4.11. The third kappa shape index (κ3) is 3.57. The second-order valence-corrected chi connectivity index (χ2v) is 6.37. The Bertz CT molecular complexity index is 745. The predicted octanol–water partition coefficient (Wildman–Crippen LogP) is 3.07. The maximum absolute atomic E-state index is 11.8. The minimum Gasteiger partial charge on any atom is -0.368 e. The second kappa shape index (κ2) is 7.28. The van der Waals surface area contributed by atoms with Crippen molar-refractivity contribution in [3.63, 3.8) is 0 Å². The number of carbonyl (C=O) groups is 1. The fraction of sp³-hybridized carbons (Fsp3) is 0.294. The Hall–Kier alpha value is -1.98. The van der Waals surface area contributed by atoms with Crippen LogP contribution >= 0.6 is 23.2 Å². The van der Waals surface area contributed by atoms with E-state index in [-0.39, 0.29) is 5.91 Å². The van der Waals surface area contributed by atoms with Gasteiger partial charge in [-0.25, -0.2) is 4.98 Å². The number of aromatic nitrogens is 1. The summed E-state index contributed by atoms with van der Waals surface area (Å²) in [6.07, 6.45) is 1.67. The zero-order valence-corrected chi connectivity index (χ0v) is 14.8. The highest BCUT2D eigenvalue weighted by atomic mass is 35.5. The lowest BCUT2D eigenvalue weighted by Crippen LogP contribution is -2.46. The molecule has 1 fully saturated rings. The van der Waals surface area contributed by atoms with Crippen molar-refractivity contribution in [1.82, 2.24) is 10.3 Å². The summed E-state index contributed by atoms with van der Waals surface area (Å²) >= 11 is 12.1. The van der Waals surface area contributed by atoms with Crippen LogP contribution in [0.25, 0.3) is 0 Å². The zero-order chi connectivity index (χ0) is 17.1. The number of nitrogens with one attached hydrogen (secondary N) is 1. The van der Waals surface area contributed by atoms with Gasteiger partial charge in [0.2, 0.25) is 0 Å². The molecule has 1 aromatic carbocycles. The maximum Gasteiger partial charge on any atom is 0.251 e. The van der Waals surface area contributed by atoms with Gasteiger partial charge in [0.15, 0.2) is 0 Å². The molecule has 2 aromatic rings. The highest BCUT2D eigenvalue weighted by Crippen LogP contribution is 2.28. The minimum atomic E-state index is -0.104. The van der Waals surface area contributed by atoms with Crippen LogP contribution in [-0.4, -0.2) is 44.1 Å². The number of benzene rings is 1. The smallest absolute Gasteiger partial charge is 0.251 e. The van der Waals surface area contributed by atoms with Gasteiger partial charge in [0, 0.05) is 50.7 Å². The predicted molar refractivity (Wildman–Crippen MR) is 98.5 cm³/mol. The standard InChI is InChI=1S/C17H18Cl2N4O/c1-20-17(24)12-4-5-21-16(10-12)23-8-6-22(7-9-23)13-2-3-14(18)15(19)11-13/h2-5,10-11H,6-9H2,1H3,(H,20,24). The number of anilines is 2. The van der Waals surface area contributed by atoms with Crippen molar-refractivity contribution in [2.24, 2.45) is 0 Å². The molecular weight excluding hydrogens is 347 g/mol. The number of pyridine rings is 1. The fourth-order valence-corrected chi connectivity index (χ4v) is 3.04. The number of hydrogen-bond donors (Lipinski definition) is 1. The van der Waals surface area contributed by atoms with Gasteiger partial charge in [-0.1, -0.05) is 23.2 Å². The topological polar surface area (TPSA) is 48.5 Å². The fourth-order valence-electron chi connectivity index (χ4n) is 2.75. The summed E-state index contributed by atoms with van der Waals surface area (Å²) in [6.45, 7) is 3.35. The molecule has 0 saturated carbocycles.